The van der Waals surface area contributed by atoms with Gasteiger partial charge in [0.1, 0.15) is 0 Å². The second kappa shape index (κ2) is 3.34. The van der Waals surface area contributed by atoms with Crippen molar-refractivity contribution in [3.63, 3.8) is 0 Å². The van der Waals surface area contributed by atoms with Crippen LogP contribution in [0.1, 0.15) is 5.82 Å². The molecule has 0 saturated heterocycles. The van der Waals surface area contributed by atoms with Gasteiger partial charge in [-0.05, 0) is 12.1 Å². The van der Waals surface area contributed by atoms with Crippen LogP contribution in [-0.4, -0.2) is 19.7 Å². The minimum absolute atomic E-state index is 0.450. The normalized spacial score (nSPS) is 11.0. The monoisotopic (exact) mass is 215 g/mol. The molecule has 0 aliphatic heterocycles. The van der Waals surface area contributed by atoms with Crippen molar-refractivity contribution in [2.24, 2.45) is 0 Å². The number of rotatable bonds is 2. The zero-order valence-electron chi connectivity index (χ0n) is 8.37. The molecule has 2 heterocycles. The average molecular weight is 215 g/mol. The number of nitrogens with zero attached hydrogens (tertiary/aromatic N) is 4. The Balaban J connectivity index is 2.12. The molecule has 0 spiro atoms. The molecule has 3 aromatic rings. The summed E-state index contributed by atoms with van der Waals surface area (Å²) in [4.78, 5) is 8.21. The fourth-order valence-electron chi connectivity index (χ4n) is 1.66. The van der Waals surface area contributed by atoms with Crippen LogP contribution < -0.4 is 5.73 Å². The minimum Gasteiger partial charge on any atom is -0.369 e. The number of fused-ring (bicyclic) bond motifs is 1. The first-order chi connectivity index (χ1) is 7.84. The Kier molecular flexibility index (Phi) is 1.86. The Labute approximate surface area is 90.7 Å². The largest absolute Gasteiger partial charge is 0.369 e. The van der Waals surface area contributed by atoms with Crippen LogP contribution in [0, 0.1) is 0 Å². The third kappa shape index (κ3) is 1.31. The molecule has 0 fully saturated rings. The van der Waals surface area contributed by atoms with Gasteiger partial charge in [0.25, 0.3) is 0 Å². The van der Waals surface area contributed by atoms with Gasteiger partial charge < -0.3 is 14.8 Å². The number of para-hydroxylation sites is 2. The Bertz CT molecular complexity index is 613. The summed E-state index contributed by atoms with van der Waals surface area (Å²) in [5, 5.41) is 3.75. The Morgan fingerprint density at radius 2 is 2.19 bits per heavy atom. The van der Waals surface area contributed by atoms with Crippen molar-refractivity contribution in [2.45, 2.75) is 6.54 Å². The molecule has 2 N–H and O–H groups in total. The summed E-state index contributed by atoms with van der Waals surface area (Å²) in [7, 11) is 0. The second-order valence-electron chi connectivity index (χ2n) is 3.39. The smallest absolute Gasteiger partial charge is 0.213 e. The molecule has 0 radical (unpaired) electrons. The van der Waals surface area contributed by atoms with Crippen molar-refractivity contribution < 1.29 is 4.52 Å². The molecule has 6 nitrogen and oxygen atoms in total. The quantitative estimate of drug-likeness (QED) is 0.690. The summed E-state index contributed by atoms with van der Waals surface area (Å²) >= 11 is 0. The SMILES string of the molecule is Nc1nc2ccccc2n1Cc1ncon1. The topological polar surface area (TPSA) is 82.8 Å². The molecule has 2 aromatic heterocycles. The van der Waals surface area contributed by atoms with Crippen molar-refractivity contribution in [3.05, 3.63) is 36.5 Å². The number of benzene rings is 1. The van der Waals surface area contributed by atoms with Gasteiger partial charge in [0.15, 0.2) is 5.82 Å². The van der Waals surface area contributed by atoms with E-state index in [-0.39, 0.29) is 0 Å². The van der Waals surface area contributed by atoms with E-state index in [2.05, 4.69) is 19.6 Å². The van der Waals surface area contributed by atoms with E-state index >= 15 is 0 Å². The van der Waals surface area contributed by atoms with Gasteiger partial charge in [-0.3, -0.25) is 0 Å². The van der Waals surface area contributed by atoms with E-state index in [4.69, 9.17) is 5.73 Å². The highest BCUT2D eigenvalue weighted by Gasteiger charge is 2.09. The van der Waals surface area contributed by atoms with E-state index in [9.17, 15) is 0 Å². The summed E-state index contributed by atoms with van der Waals surface area (Å²) in [6, 6.07) is 7.74. The third-order valence-electron chi connectivity index (χ3n) is 2.39. The first kappa shape index (κ1) is 8.90. The van der Waals surface area contributed by atoms with Crippen molar-refractivity contribution in [1.29, 1.82) is 0 Å². The van der Waals surface area contributed by atoms with Crippen LogP contribution in [0.5, 0.6) is 0 Å². The Morgan fingerprint density at radius 1 is 1.31 bits per heavy atom. The Morgan fingerprint density at radius 3 is 3.00 bits per heavy atom. The molecule has 3 rings (SSSR count). The van der Waals surface area contributed by atoms with Crippen LogP contribution in [-0.2, 0) is 6.54 Å². The lowest BCUT2D eigenvalue weighted by molar-refractivity contribution is 0.408. The van der Waals surface area contributed by atoms with Crippen LogP contribution in [0.15, 0.2) is 35.2 Å². The number of hydrogen-bond acceptors (Lipinski definition) is 5. The number of aromatic nitrogens is 4. The molecule has 0 aliphatic rings. The highest BCUT2D eigenvalue weighted by Crippen LogP contribution is 2.17. The Hall–Kier alpha value is -2.37. The molecule has 6 heteroatoms. The third-order valence-corrected chi connectivity index (χ3v) is 2.39. The zero-order chi connectivity index (χ0) is 11.0. The highest BCUT2D eigenvalue weighted by atomic mass is 16.5. The van der Waals surface area contributed by atoms with Gasteiger partial charge in [-0.2, -0.15) is 4.98 Å². The molecular formula is C10H9N5O. The predicted molar refractivity (Wildman–Crippen MR) is 57.5 cm³/mol. The summed E-state index contributed by atoms with van der Waals surface area (Å²) in [5.74, 6) is 1.03. The van der Waals surface area contributed by atoms with Gasteiger partial charge in [-0.15, -0.1) is 0 Å². The summed E-state index contributed by atoms with van der Waals surface area (Å²) < 4.78 is 6.53. The van der Waals surface area contributed by atoms with E-state index in [0.717, 1.165) is 11.0 Å². The molecule has 0 amide bonds. The highest BCUT2D eigenvalue weighted by molar-refractivity contribution is 5.78. The molecule has 80 valence electrons. The number of anilines is 1. The molecule has 0 bridgehead atoms. The fourth-order valence-corrected chi connectivity index (χ4v) is 1.66. The van der Waals surface area contributed by atoms with Crippen molar-refractivity contribution in [3.8, 4) is 0 Å². The van der Waals surface area contributed by atoms with E-state index in [1.165, 1.54) is 6.39 Å². The van der Waals surface area contributed by atoms with Crippen LogP contribution >= 0.6 is 0 Å². The number of hydrogen-bond donors (Lipinski definition) is 1. The fraction of sp³-hybridized carbons (Fsp3) is 0.100. The molecule has 0 saturated carbocycles. The van der Waals surface area contributed by atoms with Gasteiger partial charge in [0.05, 0.1) is 17.6 Å². The van der Waals surface area contributed by atoms with E-state index in [0.29, 0.717) is 18.3 Å². The maximum absolute atomic E-state index is 5.84. The van der Waals surface area contributed by atoms with Gasteiger partial charge in [0, 0.05) is 0 Å². The lowest BCUT2D eigenvalue weighted by Crippen LogP contribution is -2.05. The lowest BCUT2D eigenvalue weighted by Gasteiger charge is -2.01. The van der Waals surface area contributed by atoms with Crippen LogP contribution in [0.4, 0.5) is 5.95 Å². The van der Waals surface area contributed by atoms with Crippen LogP contribution in [0.25, 0.3) is 11.0 Å². The van der Waals surface area contributed by atoms with Crippen molar-refractivity contribution in [1.82, 2.24) is 19.7 Å². The molecule has 0 atom stereocenters. The standard InChI is InChI=1S/C10H9N5O/c11-10-13-7-3-1-2-4-8(7)15(10)5-9-12-6-16-14-9/h1-4,6H,5H2,(H2,11,13). The maximum Gasteiger partial charge on any atom is 0.213 e. The van der Waals surface area contributed by atoms with Gasteiger partial charge >= 0.3 is 0 Å². The molecule has 1 aromatic carbocycles. The van der Waals surface area contributed by atoms with Gasteiger partial charge in [-0.1, -0.05) is 17.3 Å². The van der Waals surface area contributed by atoms with E-state index in [1.807, 2.05) is 28.8 Å². The first-order valence-electron chi connectivity index (χ1n) is 4.80. The lowest BCUT2D eigenvalue weighted by atomic mass is 10.3. The van der Waals surface area contributed by atoms with Crippen LogP contribution in [0.2, 0.25) is 0 Å². The number of imidazole rings is 1. The summed E-state index contributed by atoms with van der Waals surface area (Å²) in [5.41, 5.74) is 7.66. The number of nitrogen functional groups attached to an aromatic ring is 1. The minimum atomic E-state index is 0.450. The van der Waals surface area contributed by atoms with E-state index in [1.54, 1.807) is 0 Å². The summed E-state index contributed by atoms with van der Waals surface area (Å²) in [6.45, 7) is 0.461. The van der Waals surface area contributed by atoms with Crippen LogP contribution in [0.3, 0.4) is 0 Å². The molecule has 0 aliphatic carbocycles. The summed E-state index contributed by atoms with van der Waals surface area (Å²) in [6.07, 6.45) is 1.30. The number of nitrogens with two attached hydrogens (primary N) is 1. The van der Waals surface area contributed by atoms with Crippen molar-refractivity contribution in [2.75, 3.05) is 5.73 Å². The molecular weight excluding hydrogens is 206 g/mol. The van der Waals surface area contributed by atoms with Crippen molar-refractivity contribution >= 4 is 17.0 Å². The van der Waals surface area contributed by atoms with E-state index < -0.39 is 0 Å². The maximum atomic E-state index is 5.84. The predicted octanol–water partition coefficient (Wildman–Crippen LogP) is 1.05. The average Bonchev–Trinajstić information content (AvgIpc) is 2.89. The second-order valence-corrected chi connectivity index (χ2v) is 3.39. The van der Waals surface area contributed by atoms with Gasteiger partial charge in [-0.25, -0.2) is 4.98 Å². The molecule has 16 heavy (non-hydrogen) atoms. The zero-order valence-corrected chi connectivity index (χ0v) is 8.37. The van der Waals surface area contributed by atoms with Gasteiger partial charge in [0.2, 0.25) is 12.3 Å². The molecule has 0 unspecified atom stereocenters. The first-order valence-corrected chi connectivity index (χ1v) is 4.80.